The summed E-state index contributed by atoms with van der Waals surface area (Å²) in [5, 5.41) is 8.98. The number of carboxylic acid groups (broad SMARTS) is 1. The molecule has 16 heavy (non-hydrogen) atoms. The molecule has 0 radical (unpaired) electrons. The van der Waals surface area contributed by atoms with Crippen molar-refractivity contribution in [2.75, 3.05) is 31.3 Å². The maximum atomic E-state index is 12.3. The van der Waals surface area contributed by atoms with Gasteiger partial charge in [-0.25, -0.2) is 9.18 Å². The zero-order chi connectivity index (χ0) is 11.5. The minimum Gasteiger partial charge on any atom is -0.489 e. The summed E-state index contributed by atoms with van der Waals surface area (Å²) in [6, 6.07) is 4.87. The number of carbonyl (C=O) groups is 1. The van der Waals surface area contributed by atoms with Crippen LogP contribution in [0.1, 0.15) is 10.4 Å². The molecule has 0 unspecified atom stereocenters. The number of hydrogen-bond acceptors (Lipinski definition) is 3. The summed E-state index contributed by atoms with van der Waals surface area (Å²) >= 11 is 0. The van der Waals surface area contributed by atoms with E-state index in [0.29, 0.717) is 24.6 Å². The molecule has 0 aromatic heterocycles. The Bertz CT molecular complexity index is 408. The number of benzene rings is 1. The van der Waals surface area contributed by atoms with Crippen LogP contribution in [-0.4, -0.2) is 37.4 Å². The van der Waals surface area contributed by atoms with E-state index >= 15 is 0 Å². The molecule has 0 bridgehead atoms. The molecule has 0 amide bonds. The Hall–Kier alpha value is -1.78. The van der Waals surface area contributed by atoms with Gasteiger partial charge in [0.2, 0.25) is 0 Å². The molecule has 0 aliphatic carbocycles. The number of halogens is 1. The number of nitrogens with zero attached hydrogens (tertiary/aromatic N) is 1. The van der Waals surface area contributed by atoms with Gasteiger partial charge >= 0.3 is 5.97 Å². The molecular formula is C11H12FNO3. The zero-order valence-electron chi connectivity index (χ0n) is 8.65. The molecule has 1 heterocycles. The van der Waals surface area contributed by atoms with E-state index in [1.807, 2.05) is 0 Å². The first-order valence-electron chi connectivity index (χ1n) is 5.04. The van der Waals surface area contributed by atoms with Crippen LogP contribution in [0.5, 0.6) is 5.75 Å². The number of fused-ring (bicyclic) bond motifs is 1. The minimum absolute atomic E-state index is 0.126. The molecule has 1 N–H and O–H groups in total. The van der Waals surface area contributed by atoms with Gasteiger partial charge in [0.25, 0.3) is 0 Å². The maximum Gasteiger partial charge on any atom is 0.339 e. The average molecular weight is 225 g/mol. The number of hydrogen-bond donors (Lipinski definition) is 1. The normalized spacial score (nSPS) is 14.2. The highest BCUT2D eigenvalue weighted by molar-refractivity contribution is 5.93. The number of ether oxygens (including phenoxy) is 1. The van der Waals surface area contributed by atoms with Gasteiger partial charge in [0.05, 0.1) is 12.2 Å². The molecule has 0 spiro atoms. The Labute approximate surface area is 92.2 Å². The first-order chi connectivity index (χ1) is 7.74. The molecule has 4 nitrogen and oxygen atoms in total. The Kier molecular flexibility index (Phi) is 2.94. The van der Waals surface area contributed by atoms with Gasteiger partial charge in [-0.2, -0.15) is 0 Å². The highest BCUT2D eigenvalue weighted by Gasteiger charge is 2.23. The maximum absolute atomic E-state index is 12.3. The molecule has 1 aromatic rings. The van der Waals surface area contributed by atoms with E-state index in [4.69, 9.17) is 9.84 Å². The molecule has 1 aromatic carbocycles. The van der Waals surface area contributed by atoms with Crippen molar-refractivity contribution in [2.45, 2.75) is 0 Å². The molecule has 0 saturated carbocycles. The monoisotopic (exact) mass is 225 g/mol. The first-order valence-corrected chi connectivity index (χ1v) is 5.04. The van der Waals surface area contributed by atoms with Gasteiger partial charge in [-0.3, -0.25) is 0 Å². The summed E-state index contributed by atoms with van der Waals surface area (Å²) in [5.74, 6) is -0.686. The molecule has 2 rings (SSSR count). The van der Waals surface area contributed by atoms with Crippen LogP contribution in [0.15, 0.2) is 18.2 Å². The Morgan fingerprint density at radius 3 is 3.06 bits per heavy atom. The summed E-state index contributed by atoms with van der Waals surface area (Å²) < 4.78 is 17.7. The summed E-state index contributed by atoms with van der Waals surface area (Å²) in [7, 11) is 0. The summed E-state index contributed by atoms with van der Waals surface area (Å²) in [5.41, 5.74) is 0.782. The number of carboxylic acids is 1. The fourth-order valence-electron chi connectivity index (χ4n) is 1.81. The number of para-hydroxylation sites is 1. The quantitative estimate of drug-likeness (QED) is 0.848. The second-order valence-electron chi connectivity index (χ2n) is 3.48. The average Bonchev–Trinajstić information content (AvgIpc) is 2.29. The molecule has 0 saturated heterocycles. The second-order valence-corrected chi connectivity index (χ2v) is 3.48. The van der Waals surface area contributed by atoms with E-state index in [1.54, 1.807) is 17.0 Å². The zero-order valence-corrected chi connectivity index (χ0v) is 8.65. The largest absolute Gasteiger partial charge is 0.489 e. The third kappa shape index (κ3) is 1.80. The van der Waals surface area contributed by atoms with E-state index in [2.05, 4.69) is 0 Å². The van der Waals surface area contributed by atoms with Crippen molar-refractivity contribution in [1.82, 2.24) is 0 Å². The van der Waals surface area contributed by atoms with Crippen LogP contribution in [0.2, 0.25) is 0 Å². The molecule has 86 valence electrons. The van der Waals surface area contributed by atoms with Crippen LogP contribution in [0.4, 0.5) is 10.1 Å². The van der Waals surface area contributed by atoms with Gasteiger partial charge in [-0.15, -0.1) is 0 Å². The van der Waals surface area contributed by atoms with Crippen molar-refractivity contribution in [2.24, 2.45) is 0 Å². The van der Waals surface area contributed by atoms with Crippen molar-refractivity contribution in [3.05, 3.63) is 23.8 Å². The Morgan fingerprint density at radius 2 is 2.38 bits per heavy atom. The fraction of sp³-hybridized carbons (Fsp3) is 0.364. The topological polar surface area (TPSA) is 49.8 Å². The number of aromatic carboxylic acids is 1. The molecule has 1 aliphatic rings. The van der Waals surface area contributed by atoms with Crippen molar-refractivity contribution >= 4 is 11.7 Å². The van der Waals surface area contributed by atoms with E-state index in [0.717, 1.165) is 0 Å². The SMILES string of the molecule is O=C(O)c1cccc2c1OCCN2CCF. The lowest BCUT2D eigenvalue weighted by Crippen LogP contribution is -2.34. The molecule has 1 aliphatic heterocycles. The van der Waals surface area contributed by atoms with Crippen molar-refractivity contribution in [3.63, 3.8) is 0 Å². The highest BCUT2D eigenvalue weighted by Crippen LogP contribution is 2.34. The smallest absolute Gasteiger partial charge is 0.339 e. The summed E-state index contributed by atoms with van der Waals surface area (Å²) in [6.07, 6.45) is 0. The van der Waals surface area contributed by atoms with Gasteiger partial charge in [0.1, 0.15) is 18.8 Å². The summed E-state index contributed by atoms with van der Waals surface area (Å²) in [4.78, 5) is 12.8. The van der Waals surface area contributed by atoms with Crippen LogP contribution in [0.25, 0.3) is 0 Å². The van der Waals surface area contributed by atoms with Crippen LogP contribution < -0.4 is 9.64 Å². The van der Waals surface area contributed by atoms with Crippen molar-refractivity contribution in [3.8, 4) is 5.75 Å². The second kappa shape index (κ2) is 4.38. The van der Waals surface area contributed by atoms with E-state index in [9.17, 15) is 9.18 Å². The van der Waals surface area contributed by atoms with Crippen molar-refractivity contribution < 1.29 is 19.0 Å². The standard InChI is InChI=1S/C11H12FNO3/c12-4-5-13-6-7-16-10-8(11(14)15)2-1-3-9(10)13/h1-3H,4-7H2,(H,14,15). The van der Waals surface area contributed by atoms with Crippen LogP contribution in [0.3, 0.4) is 0 Å². The lowest BCUT2D eigenvalue weighted by Gasteiger charge is -2.31. The lowest BCUT2D eigenvalue weighted by atomic mass is 10.1. The Balaban J connectivity index is 2.42. The Morgan fingerprint density at radius 1 is 1.56 bits per heavy atom. The van der Waals surface area contributed by atoms with Gasteiger partial charge < -0.3 is 14.7 Å². The molecular weight excluding hydrogens is 213 g/mol. The van der Waals surface area contributed by atoms with Gasteiger partial charge in [-0.05, 0) is 12.1 Å². The number of alkyl halides is 1. The number of rotatable bonds is 3. The lowest BCUT2D eigenvalue weighted by molar-refractivity contribution is 0.0692. The molecule has 0 fully saturated rings. The fourth-order valence-corrected chi connectivity index (χ4v) is 1.81. The van der Waals surface area contributed by atoms with Gasteiger partial charge in [-0.1, -0.05) is 6.07 Å². The predicted molar refractivity (Wildman–Crippen MR) is 57.1 cm³/mol. The van der Waals surface area contributed by atoms with E-state index < -0.39 is 12.6 Å². The van der Waals surface area contributed by atoms with Crippen molar-refractivity contribution in [1.29, 1.82) is 0 Å². The van der Waals surface area contributed by atoms with Crippen LogP contribution in [0, 0.1) is 0 Å². The number of anilines is 1. The molecule has 5 heteroatoms. The third-order valence-corrected chi connectivity index (χ3v) is 2.53. The highest BCUT2D eigenvalue weighted by atomic mass is 19.1. The molecule has 0 atom stereocenters. The predicted octanol–water partition coefficient (Wildman–Crippen LogP) is 1.55. The van der Waals surface area contributed by atoms with Crippen LogP contribution in [-0.2, 0) is 0 Å². The van der Waals surface area contributed by atoms with Crippen LogP contribution >= 0.6 is 0 Å². The summed E-state index contributed by atoms with van der Waals surface area (Å²) in [6.45, 7) is 0.771. The van der Waals surface area contributed by atoms with Gasteiger partial charge in [0, 0.05) is 6.54 Å². The minimum atomic E-state index is -1.03. The van der Waals surface area contributed by atoms with E-state index in [1.165, 1.54) is 6.07 Å². The van der Waals surface area contributed by atoms with E-state index in [-0.39, 0.29) is 12.1 Å². The third-order valence-electron chi connectivity index (χ3n) is 2.53. The first kappa shape index (κ1) is 10.7. The van der Waals surface area contributed by atoms with Gasteiger partial charge in [0.15, 0.2) is 5.75 Å².